The summed E-state index contributed by atoms with van der Waals surface area (Å²) in [5.41, 5.74) is 7.62. The number of fused-ring (bicyclic) bond motifs is 4. The Morgan fingerprint density at radius 1 is 0.675 bits per heavy atom. The number of amides is 2. The van der Waals surface area contributed by atoms with Gasteiger partial charge in [-0.2, -0.15) is 0 Å². The second-order valence-corrected chi connectivity index (χ2v) is 12.0. The molecule has 4 aromatic carbocycles. The van der Waals surface area contributed by atoms with Crippen LogP contribution in [0.25, 0.3) is 10.6 Å². The van der Waals surface area contributed by atoms with Crippen LogP contribution in [0.1, 0.15) is 38.8 Å². The summed E-state index contributed by atoms with van der Waals surface area (Å²) in [6.45, 7) is 1.60. The molecule has 6 rings (SSSR count). The molecule has 0 saturated heterocycles. The van der Waals surface area contributed by atoms with Crippen molar-refractivity contribution in [2.24, 2.45) is 0 Å². The first kappa shape index (κ1) is 28.3. The SMILES string of the molecule is CC(=O)N1c2ccccc2C(Br)C(Br)c2ccccc21.COC(=O)N1c2ccccc2C=C(Br)c2ccccc21. The van der Waals surface area contributed by atoms with E-state index in [4.69, 9.17) is 4.74 Å². The van der Waals surface area contributed by atoms with Crippen LogP contribution in [0, 0.1) is 0 Å². The zero-order valence-corrected chi connectivity index (χ0v) is 26.5. The second kappa shape index (κ2) is 12.1. The summed E-state index contributed by atoms with van der Waals surface area (Å²) in [6, 6.07) is 31.5. The minimum atomic E-state index is -0.402. The van der Waals surface area contributed by atoms with Gasteiger partial charge in [-0.1, -0.05) is 121 Å². The monoisotopic (exact) mass is 722 g/mol. The van der Waals surface area contributed by atoms with E-state index in [1.165, 1.54) is 7.11 Å². The second-order valence-electron chi connectivity index (χ2n) is 9.15. The van der Waals surface area contributed by atoms with Crippen LogP contribution in [0.3, 0.4) is 0 Å². The lowest BCUT2D eigenvalue weighted by Gasteiger charge is -2.23. The molecule has 2 aliphatic rings. The summed E-state index contributed by atoms with van der Waals surface area (Å²) in [5.74, 6) is 0.0196. The van der Waals surface area contributed by atoms with Crippen LogP contribution in [0.15, 0.2) is 97.1 Å². The van der Waals surface area contributed by atoms with Crippen molar-refractivity contribution in [3.63, 3.8) is 0 Å². The number of anilines is 4. The quantitative estimate of drug-likeness (QED) is 0.170. The molecule has 0 saturated carbocycles. The van der Waals surface area contributed by atoms with E-state index in [0.29, 0.717) is 0 Å². The third-order valence-electron chi connectivity index (χ3n) is 6.74. The molecule has 202 valence electrons. The van der Waals surface area contributed by atoms with E-state index in [9.17, 15) is 9.59 Å². The van der Waals surface area contributed by atoms with Crippen molar-refractivity contribution in [2.45, 2.75) is 16.6 Å². The number of ether oxygens (including phenoxy) is 1. The Kier molecular flexibility index (Phi) is 8.59. The first-order chi connectivity index (χ1) is 19.3. The number of alkyl halides is 2. The molecule has 5 nitrogen and oxygen atoms in total. The highest BCUT2D eigenvalue weighted by atomic mass is 79.9. The third-order valence-corrected chi connectivity index (χ3v) is 10.2. The minimum Gasteiger partial charge on any atom is -0.452 e. The number of methoxy groups -OCH3 is 1. The van der Waals surface area contributed by atoms with Gasteiger partial charge in [-0.25, -0.2) is 9.69 Å². The third kappa shape index (κ3) is 5.28. The summed E-state index contributed by atoms with van der Waals surface area (Å²) in [4.78, 5) is 28.0. The highest BCUT2D eigenvalue weighted by Gasteiger charge is 2.33. The van der Waals surface area contributed by atoms with Gasteiger partial charge < -0.3 is 4.74 Å². The van der Waals surface area contributed by atoms with Crippen molar-refractivity contribution in [2.75, 3.05) is 16.9 Å². The van der Waals surface area contributed by atoms with E-state index in [1.54, 1.807) is 16.7 Å². The molecule has 0 bridgehead atoms. The standard InChI is InChI=1S/C16H13Br2NO.C16H12BrNO2/c1-10(20)19-13-8-4-2-6-11(13)15(17)16(18)12-7-3-5-9-14(12)19;1-20-16(19)18-14-8-4-2-6-11(14)10-13(17)12-7-3-5-9-15(12)18/h2-9,15-16H,1H3;2-10H,1H3. The van der Waals surface area contributed by atoms with Crippen LogP contribution >= 0.6 is 47.8 Å². The van der Waals surface area contributed by atoms with Crippen LogP contribution in [0.5, 0.6) is 0 Å². The molecule has 0 spiro atoms. The number of hydrogen-bond donors (Lipinski definition) is 0. The number of carbonyl (C=O) groups is 2. The zero-order valence-electron chi connectivity index (χ0n) is 21.7. The van der Waals surface area contributed by atoms with Crippen LogP contribution in [-0.4, -0.2) is 19.1 Å². The van der Waals surface area contributed by atoms with E-state index in [0.717, 1.165) is 49.5 Å². The molecule has 0 aromatic heterocycles. The molecule has 2 aliphatic heterocycles. The molecule has 0 fully saturated rings. The molecule has 2 atom stereocenters. The predicted molar refractivity (Wildman–Crippen MR) is 173 cm³/mol. The van der Waals surface area contributed by atoms with Crippen LogP contribution in [0.2, 0.25) is 0 Å². The smallest absolute Gasteiger partial charge is 0.418 e. The number of nitrogens with zero attached hydrogens (tertiary/aromatic N) is 2. The summed E-state index contributed by atoms with van der Waals surface area (Å²) in [6.07, 6.45) is 1.61. The average Bonchev–Trinajstić information content (AvgIpc) is 3.16. The highest BCUT2D eigenvalue weighted by Crippen LogP contribution is 2.52. The number of hydrogen-bond acceptors (Lipinski definition) is 3. The lowest BCUT2D eigenvalue weighted by Crippen LogP contribution is -2.26. The van der Waals surface area contributed by atoms with Gasteiger partial charge in [0.15, 0.2) is 0 Å². The summed E-state index contributed by atoms with van der Waals surface area (Å²) in [7, 11) is 1.39. The number of para-hydroxylation sites is 4. The van der Waals surface area contributed by atoms with Gasteiger partial charge in [-0.05, 0) is 47.0 Å². The number of benzene rings is 4. The molecule has 0 N–H and O–H groups in total. The molecular weight excluding hydrogens is 700 g/mol. The number of carbonyl (C=O) groups excluding carboxylic acids is 2. The normalized spacial score (nSPS) is 16.9. The van der Waals surface area contributed by atoms with E-state index in [2.05, 4.69) is 59.9 Å². The first-order valence-corrected chi connectivity index (χ1v) is 15.2. The van der Waals surface area contributed by atoms with Gasteiger partial charge in [-0.3, -0.25) is 9.69 Å². The van der Waals surface area contributed by atoms with Gasteiger partial charge in [-0.15, -0.1) is 0 Å². The van der Waals surface area contributed by atoms with E-state index in [1.807, 2.05) is 91.0 Å². The van der Waals surface area contributed by atoms with Gasteiger partial charge in [0.05, 0.1) is 39.5 Å². The average molecular weight is 725 g/mol. The highest BCUT2D eigenvalue weighted by molar-refractivity contribution is 9.15. The van der Waals surface area contributed by atoms with E-state index >= 15 is 0 Å². The van der Waals surface area contributed by atoms with Gasteiger partial charge in [0.25, 0.3) is 0 Å². The van der Waals surface area contributed by atoms with Gasteiger partial charge in [0.2, 0.25) is 5.91 Å². The van der Waals surface area contributed by atoms with Crippen molar-refractivity contribution in [3.8, 4) is 0 Å². The van der Waals surface area contributed by atoms with Gasteiger partial charge in [0, 0.05) is 17.0 Å². The predicted octanol–water partition coefficient (Wildman–Crippen LogP) is 10.1. The Morgan fingerprint density at radius 3 is 1.70 bits per heavy atom. The maximum atomic E-state index is 12.2. The Hall–Kier alpha value is -3.20. The first-order valence-electron chi connectivity index (χ1n) is 12.5. The molecule has 4 aromatic rings. The van der Waals surface area contributed by atoms with Crippen molar-refractivity contribution in [1.29, 1.82) is 0 Å². The zero-order chi connectivity index (χ0) is 28.4. The summed E-state index contributed by atoms with van der Waals surface area (Å²) < 4.78 is 5.88. The Bertz CT molecular complexity index is 1570. The Morgan fingerprint density at radius 2 is 1.15 bits per heavy atom. The van der Waals surface area contributed by atoms with Gasteiger partial charge >= 0.3 is 6.09 Å². The topological polar surface area (TPSA) is 49.9 Å². The van der Waals surface area contributed by atoms with Crippen molar-refractivity contribution >= 4 is 93.1 Å². The number of halogens is 3. The van der Waals surface area contributed by atoms with Gasteiger partial charge in [0.1, 0.15) is 0 Å². The summed E-state index contributed by atoms with van der Waals surface area (Å²) in [5, 5.41) is 0. The fourth-order valence-corrected chi connectivity index (χ4v) is 6.87. The molecule has 0 radical (unpaired) electrons. The molecule has 40 heavy (non-hydrogen) atoms. The lowest BCUT2D eigenvalue weighted by molar-refractivity contribution is -0.115. The van der Waals surface area contributed by atoms with Crippen molar-refractivity contribution < 1.29 is 14.3 Å². The molecule has 2 heterocycles. The Balaban J connectivity index is 0.000000161. The van der Waals surface area contributed by atoms with Crippen LogP contribution in [-0.2, 0) is 9.53 Å². The maximum Gasteiger partial charge on any atom is 0.418 e. The van der Waals surface area contributed by atoms with Crippen LogP contribution < -0.4 is 9.80 Å². The lowest BCUT2D eigenvalue weighted by atomic mass is 10.0. The number of rotatable bonds is 0. The van der Waals surface area contributed by atoms with Crippen molar-refractivity contribution in [1.82, 2.24) is 0 Å². The van der Waals surface area contributed by atoms with Crippen LogP contribution in [0.4, 0.5) is 27.5 Å². The fraction of sp³-hybridized carbons (Fsp3) is 0.125. The Labute approximate surface area is 258 Å². The fourth-order valence-electron chi connectivity index (χ4n) is 4.95. The van der Waals surface area contributed by atoms with Crippen molar-refractivity contribution in [3.05, 3.63) is 119 Å². The molecule has 2 amide bonds. The van der Waals surface area contributed by atoms with E-state index in [-0.39, 0.29) is 15.6 Å². The molecular formula is C32H25Br3N2O3. The summed E-state index contributed by atoms with van der Waals surface area (Å²) >= 11 is 11.1. The molecule has 8 heteroatoms. The molecule has 0 aliphatic carbocycles. The largest absolute Gasteiger partial charge is 0.452 e. The minimum absolute atomic E-state index is 0.0196. The van der Waals surface area contributed by atoms with E-state index < -0.39 is 6.09 Å². The molecule has 2 unspecified atom stereocenters. The maximum absolute atomic E-state index is 12.2.